The Bertz CT molecular complexity index is 278. The van der Waals surface area contributed by atoms with Crippen molar-refractivity contribution in [2.24, 2.45) is 0 Å². The van der Waals surface area contributed by atoms with Crippen LogP contribution >= 0.6 is 0 Å². The lowest BCUT2D eigenvalue weighted by molar-refractivity contribution is 0.412. The van der Waals surface area contributed by atoms with E-state index in [1.807, 2.05) is 6.07 Å². The molecule has 0 aliphatic rings. The Balaban J connectivity index is 2.99. The highest BCUT2D eigenvalue weighted by atomic mass is 16.5. The molecular weight excluding hydrogens is 160 g/mol. The maximum atomic E-state index is 5.22. The van der Waals surface area contributed by atoms with Crippen molar-refractivity contribution in [3.05, 3.63) is 36.2 Å². The third kappa shape index (κ3) is 2.24. The van der Waals surface area contributed by atoms with Gasteiger partial charge in [-0.3, -0.25) is 0 Å². The summed E-state index contributed by atoms with van der Waals surface area (Å²) in [5, 5.41) is 0. The maximum absolute atomic E-state index is 5.22. The number of hydrogen-bond donors (Lipinski definition) is 0. The van der Waals surface area contributed by atoms with Crippen LogP contribution < -0.4 is 4.74 Å². The lowest BCUT2D eigenvalue weighted by atomic mass is 9.97. The van der Waals surface area contributed by atoms with Crippen molar-refractivity contribution in [1.29, 1.82) is 0 Å². The first-order valence-corrected chi connectivity index (χ1v) is 4.69. The van der Waals surface area contributed by atoms with Crippen LogP contribution in [0.5, 0.6) is 5.75 Å². The minimum Gasteiger partial charge on any atom is -0.496 e. The molecule has 13 heavy (non-hydrogen) atoms. The molecular formula is C12H17O. The summed E-state index contributed by atoms with van der Waals surface area (Å²) >= 11 is 0. The average molecular weight is 177 g/mol. The average Bonchev–Trinajstić information content (AvgIpc) is 2.17. The van der Waals surface area contributed by atoms with Crippen molar-refractivity contribution in [3.63, 3.8) is 0 Å². The van der Waals surface area contributed by atoms with Crippen LogP contribution in [0.25, 0.3) is 0 Å². The predicted molar refractivity (Wildman–Crippen MR) is 56.2 cm³/mol. The summed E-state index contributed by atoms with van der Waals surface area (Å²) in [6.45, 7) is 8.30. The number of benzene rings is 1. The van der Waals surface area contributed by atoms with Gasteiger partial charge in [-0.1, -0.05) is 26.0 Å². The van der Waals surface area contributed by atoms with Crippen molar-refractivity contribution < 1.29 is 4.74 Å². The van der Waals surface area contributed by atoms with Crippen LogP contribution in [0.2, 0.25) is 0 Å². The number of methoxy groups -OCH3 is 1. The highest BCUT2D eigenvalue weighted by Gasteiger charge is 2.05. The van der Waals surface area contributed by atoms with Crippen molar-refractivity contribution in [2.45, 2.75) is 26.2 Å². The molecule has 0 fully saturated rings. The van der Waals surface area contributed by atoms with Crippen molar-refractivity contribution in [1.82, 2.24) is 0 Å². The molecule has 1 aromatic carbocycles. The molecule has 0 spiro atoms. The lowest BCUT2D eigenvalue weighted by Crippen LogP contribution is -1.94. The van der Waals surface area contributed by atoms with Gasteiger partial charge in [0.1, 0.15) is 5.75 Å². The molecule has 0 N–H and O–H groups in total. The Labute approximate surface area is 80.7 Å². The number of rotatable bonds is 3. The quantitative estimate of drug-likeness (QED) is 0.687. The van der Waals surface area contributed by atoms with E-state index >= 15 is 0 Å². The first-order valence-electron chi connectivity index (χ1n) is 4.69. The number of hydrogen-bond acceptors (Lipinski definition) is 1. The van der Waals surface area contributed by atoms with Gasteiger partial charge in [0.25, 0.3) is 0 Å². The highest BCUT2D eigenvalue weighted by molar-refractivity contribution is 5.40. The second-order valence-corrected chi connectivity index (χ2v) is 3.38. The van der Waals surface area contributed by atoms with Gasteiger partial charge in [0.05, 0.1) is 7.11 Å². The molecule has 1 radical (unpaired) electrons. The topological polar surface area (TPSA) is 9.23 Å². The molecule has 0 saturated carbocycles. The minimum atomic E-state index is 0.592. The first-order chi connectivity index (χ1) is 6.19. The summed E-state index contributed by atoms with van der Waals surface area (Å²) in [5.41, 5.74) is 2.28. The van der Waals surface area contributed by atoms with Crippen LogP contribution in [0.4, 0.5) is 0 Å². The summed E-state index contributed by atoms with van der Waals surface area (Å²) in [6, 6.07) is 6.22. The van der Waals surface area contributed by atoms with Gasteiger partial charge in [0.2, 0.25) is 0 Å². The van der Waals surface area contributed by atoms with Crippen molar-refractivity contribution >= 4 is 0 Å². The number of ether oxygens (including phenoxy) is 1. The standard InChI is InChI=1S/C12H17O/c1-5-9(2)11-7-6-10(3)12(8-11)13-4/h6-9H,3,5H2,1-2,4H3. The lowest BCUT2D eigenvalue weighted by Gasteiger charge is -2.11. The molecule has 0 aliphatic heterocycles. The molecule has 0 bridgehead atoms. The van der Waals surface area contributed by atoms with Crippen LogP contribution in [0.15, 0.2) is 18.2 Å². The fraction of sp³-hybridized carbons (Fsp3) is 0.417. The third-order valence-corrected chi connectivity index (χ3v) is 2.49. The molecule has 1 rings (SSSR count). The van der Waals surface area contributed by atoms with E-state index in [1.165, 1.54) is 5.56 Å². The SMILES string of the molecule is [CH2]c1ccc(C(C)CC)cc1OC. The fourth-order valence-electron chi connectivity index (χ4n) is 1.30. The van der Waals surface area contributed by atoms with Crippen molar-refractivity contribution in [2.75, 3.05) is 7.11 Å². The van der Waals surface area contributed by atoms with Gasteiger partial charge in [-0.2, -0.15) is 0 Å². The summed E-state index contributed by atoms with van der Waals surface area (Å²) in [7, 11) is 1.68. The monoisotopic (exact) mass is 177 g/mol. The van der Waals surface area contributed by atoms with Gasteiger partial charge in [-0.15, -0.1) is 0 Å². The molecule has 1 heteroatoms. The Kier molecular flexibility index (Phi) is 3.35. The van der Waals surface area contributed by atoms with E-state index in [4.69, 9.17) is 4.74 Å². The van der Waals surface area contributed by atoms with Crippen LogP contribution in [0.3, 0.4) is 0 Å². The van der Waals surface area contributed by atoms with E-state index in [0.29, 0.717) is 5.92 Å². The van der Waals surface area contributed by atoms with E-state index in [1.54, 1.807) is 7.11 Å². The molecule has 1 unspecified atom stereocenters. The summed E-state index contributed by atoms with van der Waals surface area (Å²) in [5.74, 6) is 1.48. The third-order valence-electron chi connectivity index (χ3n) is 2.49. The molecule has 0 amide bonds. The largest absolute Gasteiger partial charge is 0.496 e. The normalized spacial score (nSPS) is 12.6. The van der Waals surface area contributed by atoms with Gasteiger partial charge in [-0.05, 0) is 36.5 Å². The maximum Gasteiger partial charge on any atom is 0.122 e. The summed E-state index contributed by atoms with van der Waals surface area (Å²) in [6.07, 6.45) is 1.15. The molecule has 71 valence electrons. The second-order valence-electron chi connectivity index (χ2n) is 3.38. The molecule has 0 heterocycles. The van der Waals surface area contributed by atoms with E-state index in [2.05, 4.69) is 32.9 Å². The Morgan fingerprint density at radius 3 is 2.69 bits per heavy atom. The van der Waals surface area contributed by atoms with E-state index in [9.17, 15) is 0 Å². The van der Waals surface area contributed by atoms with E-state index < -0.39 is 0 Å². The zero-order valence-corrected chi connectivity index (χ0v) is 8.63. The predicted octanol–water partition coefficient (Wildman–Crippen LogP) is 3.39. The minimum absolute atomic E-state index is 0.592. The molecule has 0 aromatic heterocycles. The van der Waals surface area contributed by atoms with Gasteiger partial charge >= 0.3 is 0 Å². The highest BCUT2D eigenvalue weighted by Crippen LogP contribution is 2.25. The Hall–Kier alpha value is -0.980. The second kappa shape index (κ2) is 4.31. The zero-order valence-electron chi connectivity index (χ0n) is 8.63. The summed E-state index contributed by atoms with van der Waals surface area (Å²) in [4.78, 5) is 0. The van der Waals surface area contributed by atoms with Gasteiger partial charge in [-0.25, -0.2) is 0 Å². The van der Waals surface area contributed by atoms with Crippen LogP contribution in [0, 0.1) is 6.92 Å². The van der Waals surface area contributed by atoms with E-state index in [0.717, 1.165) is 17.7 Å². The van der Waals surface area contributed by atoms with Gasteiger partial charge in [0, 0.05) is 0 Å². The van der Waals surface area contributed by atoms with Crippen LogP contribution in [-0.2, 0) is 0 Å². The molecule has 1 aromatic rings. The smallest absolute Gasteiger partial charge is 0.122 e. The zero-order chi connectivity index (χ0) is 9.84. The van der Waals surface area contributed by atoms with Gasteiger partial charge in [0.15, 0.2) is 0 Å². The fourth-order valence-corrected chi connectivity index (χ4v) is 1.30. The van der Waals surface area contributed by atoms with Crippen LogP contribution in [0.1, 0.15) is 37.3 Å². The van der Waals surface area contributed by atoms with Crippen LogP contribution in [-0.4, -0.2) is 7.11 Å². The Morgan fingerprint density at radius 1 is 1.46 bits per heavy atom. The molecule has 1 atom stereocenters. The first kappa shape index (κ1) is 10.1. The Morgan fingerprint density at radius 2 is 2.15 bits per heavy atom. The van der Waals surface area contributed by atoms with Crippen molar-refractivity contribution in [3.8, 4) is 5.75 Å². The molecule has 1 nitrogen and oxygen atoms in total. The van der Waals surface area contributed by atoms with E-state index in [-0.39, 0.29) is 0 Å². The molecule has 0 saturated heterocycles. The molecule has 0 aliphatic carbocycles. The summed E-state index contributed by atoms with van der Waals surface area (Å²) < 4.78 is 5.22. The van der Waals surface area contributed by atoms with Gasteiger partial charge < -0.3 is 4.74 Å².